The van der Waals surface area contributed by atoms with Crippen LogP contribution >= 0.6 is 0 Å². The van der Waals surface area contributed by atoms with Crippen molar-refractivity contribution in [2.45, 2.75) is 32.4 Å². The molecular weight excluding hydrogens is 464 g/mol. The van der Waals surface area contributed by atoms with Crippen molar-refractivity contribution in [1.29, 1.82) is 0 Å². The van der Waals surface area contributed by atoms with Crippen molar-refractivity contribution in [3.05, 3.63) is 106 Å². The van der Waals surface area contributed by atoms with Gasteiger partial charge in [0.15, 0.2) is 0 Å². The van der Waals surface area contributed by atoms with E-state index < -0.39 is 0 Å². The molecule has 1 aliphatic rings. The molecule has 2 aromatic carbocycles. The van der Waals surface area contributed by atoms with E-state index in [0.29, 0.717) is 42.3 Å². The first kappa shape index (κ1) is 24.4. The number of anilines is 2. The number of pyridine rings is 1. The van der Waals surface area contributed by atoms with E-state index >= 15 is 0 Å². The monoisotopic (exact) mass is 494 g/mol. The van der Waals surface area contributed by atoms with Crippen LogP contribution in [0, 0.1) is 0 Å². The van der Waals surface area contributed by atoms with Gasteiger partial charge in [0.1, 0.15) is 11.4 Å². The fourth-order valence-corrected chi connectivity index (χ4v) is 4.83. The SMILES string of the molecule is CCc1cccc2c1C(=O)N(c1c(-c3ccncc3)nc(NC[C@H](N)Cc3ccccc3)n(C)c1=O)C2. The zero-order valence-corrected chi connectivity index (χ0v) is 21.0. The molecule has 0 bridgehead atoms. The normalized spacial score (nSPS) is 13.5. The van der Waals surface area contributed by atoms with Crippen molar-refractivity contribution >= 4 is 17.5 Å². The molecule has 8 heteroatoms. The molecule has 0 saturated heterocycles. The van der Waals surface area contributed by atoms with Gasteiger partial charge in [-0.2, -0.15) is 0 Å². The number of rotatable bonds is 8. The van der Waals surface area contributed by atoms with Crippen molar-refractivity contribution in [3.63, 3.8) is 0 Å². The minimum atomic E-state index is -0.305. The first-order valence-electron chi connectivity index (χ1n) is 12.4. The van der Waals surface area contributed by atoms with Gasteiger partial charge in [-0.25, -0.2) is 4.98 Å². The topological polar surface area (TPSA) is 106 Å². The molecule has 0 saturated carbocycles. The van der Waals surface area contributed by atoms with E-state index in [4.69, 9.17) is 10.7 Å². The molecule has 37 heavy (non-hydrogen) atoms. The summed E-state index contributed by atoms with van der Waals surface area (Å²) in [6, 6.07) is 19.3. The molecule has 0 radical (unpaired) electrons. The summed E-state index contributed by atoms with van der Waals surface area (Å²) in [7, 11) is 1.66. The van der Waals surface area contributed by atoms with Crippen LogP contribution in [0.2, 0.25) is 0 Å². The maximum atomic E-state index is 13.8. The minimum absolute atomic E-state index is 0.174. The van der Waals surface area contributed by atoms with Crippen LogP contribution in [0.5, 0.6) is 0 Å². The number of nitrogens with two attached hydrogens (primary N) is 1. The standard InChI is InChI=1S/C29H30N6O2/c1-3-20-10-7-11-22-18-35(27(36)24(20)22)26-25(21-12-14-31-15-13-21)33-29(34(2)28(26)37)32-17-23(30)16-19-8-5-4-6-9-19/h4-15,23H,3,16-18,30H2,1-2H3,(H,32,33)/t23-/m1/s1. The number of benzene rings is 2. The van der Waals surface area contributed by atoms with E-state index in [9.17, 15) is 9.59 Å². The van der Waals surface area contributed by atoms with Crippen molar-refractivity contribution in [3.8, 4) is 11.3 Å². The van der Waals surface area contributed by atoms with Gasteiger partial charge >= 0.3 is 0 Å². The number of nitrogens with zero attached hydrogens (tertiary/aromatic N) is 4. The Hall–Kier alpha value is -4.30. The number of carbonyl (C=O) groups is 1. The van der Waals surface area contributed by atoms with Crippen molar-refractivity contribution < 1.29 is 4.79 Å². The molecule has 3 N–H and O–H groups in total. The van der Waals surface area contributed by atoms with Gasteiger partial charge in [-0.15, -0.1) is 0 Å². The van der Waals surface area contributed by atoms with Gasteiger partial charge in [-0.05, 0) is 41.7 Å². The number of hydrogen-bond acceptors (Lipinski definition) is 6. The summed E-state index contributed by atoms with van der Waals surface area (Å²) in [4.78, 5) is 37.9. The van der Waals surface area contributed by atoms with Gasteiger partial charge in [0, 0.05) is 43.2 Å². The molecule has 1 aliphatic heterocycles. The molecule has 3 heterocycles. The Bertz CT molecular complexity index is 1480. The predicted molar refractivity (Wildman–Crippen MR) is 146 cm³/mol. The lowest BCUT2D eigenvalue weighted by atomic mass is 10.0. The summed E-state index contributed by atoms with van der Waals surface area (Å²) in [5.74, 6) is 0.217. The lowest BCUT2D eigenvalue weighted by molar-refractivity contribution is 0.0995. The summed E-state index contributed by atoms with van der Waals surface area (Å²) in [6.07, 6.45) is 4.73. The van der Waals surface area contributed by atoms with Crippen LogP contribution < -0.4 is 21.5 Å². The zero-order chi connectivity index (χ0) is 25.9. The molecule has 0 aliphatic carbocycles. The molecule has 188 valence electrons. The summed E-state index contributed by atoms with van der Waals surface area (Å²) in [5.41, 5.74) is 11.2. The number of aryl methyl sites for hydroxylation is 1. The quantitative estimate of drug-likeness (QED) is 0.388. The van der Waals surface area contributed by atoms with E-state index in [0.717, 1.165) is 23.1 Å². The number of hydrogen-bond donors (Lipinski definition) is 2. The number of aromatic nitrogens is 3. The Morgan fingerprint density at radius 3 is 2.51 bits per heavy atom. The summed E-state index contributed by atoms with van der Waals surface area (Å²) in [6.45, 7) is 2.78. The number of nitrogens with one attached hydrogen (secondary N) is 1. The van der Waals surface area contributed by atoms with Gasteiger partial charge in [0.2, 0.25) is 5.95 Å². The third-order valence-corrected chi connectivity index (χ3v) is 6.76. The first-order chi connectivity index (χ1) is 18.0. The average Bonchev–Trinajstić information content (AvgIpc) is 3.26. The highest BCUT2D eigenvalue weighted by atomic mass is 16.2. The molecule has 0 unspecified atom stereocenters. The van der Waals surface area contributed by atoms with Gasteiger partial charge < -0.3 is 11.1 Å². The van der Waals surface area contributed by atoms with E-state index in [-0.39, 0.29) is 23.2 Å². The lowest BCUT2D eigenvalue weighted by Gasteiger charge is -2.22. The molecule has 0 spiro atoms. The maximum Gasteiger partial charge on any atom is 0.279 e. The number of amides is 1. The van der Waals surface area contributed by atoms with Crippen molar-refractivity contribution in [2.24, 2.45) is 12.8 Å². The Morgan fingerprint density at radius 2 is 1.78 bits per heavy atom. The highest BCUT2D eigenvalue weighted by molar-refractivity contribution is 6.12. The Morgan fingerprint density at radius 1 is 1.03 bits per heavy atom. The van der Waals surface area contributed by atoms with Gasteiger partial charge in [0.05, 0.1) is 6.54 Å². The third kappa shape index (κ3) is 4.75. The minimum Gasteiger partial charge on any atom is -0.354 e. The van der Waals surface area contributed by atoms with E-state index in [1.807, 2.05) is 55.5 Å². The molecule has 1 amide bonds. The second-order valence-corrected chi connectivity index (χ2v) is 9.26. The van der Waals surface area contributed by atoms with Gasteiger partial charge in [0.25, 0.3) is 11.5 Å². The number of fused-ring (bicyclic) bond motifs is 1. The highest BCUT2D eigenvalue weighted by Gasteiger charge is 2.34. The van der Waals surface area contributed by atoms with E-state index in [1.165, 1.54) is 4.57 Å². The number of carbonyl (C=O) groups excluding carboxylic acids is 1. The average molecular weight is 495 g/mol. The molecule has 0 fully saturated rings. The second-order valence-electron chi connectivity index (χ2n) is 9.26. The van der Waals surface area contributed by atoms with Crippen LogP contribution in [0.4, 0.5) is 11.6 Å². The molecule has 1 atom stereocenters. The zero-order valence-electron chi connectivity index (χ0n) is 21.0. The van der Waals surface area contributed by atoms with Crippen LogP contribution in [0.1, 0.15) is 34.0 Å². The maximum absolute atomic E-state index is 13.8. The van der Waals surface area contributed by atoms with Crippen LogP contribution in [0.25, 0.3) is 11.3 Å². The van der Waals surface area contributed by atoms with Crippen molar-refractivity contribution in [1.82, 2.24) is 14.5 Å². The third-order valence-electron chi connectivity index (χ3n) is 6.76. The van der Waals surface area contributed by atoms with Gasteiger partial charge in [-0.3, -0.25) is 24.0 Å². The van der Waals surface area contributed by atoms with Crippen LogP contribution in [0.3, 0.4) is 0 Å². The Labute approximate surface area is 215 Å². The molecular formula is C29H30N6O2. The van der Waals surface area contributed by atoms with Gasteiger partial charge in [-0.1, -0.05) is 55.5 Å². The van der Waals surface area contributed by atoms with Crippen LogP contribution in [-0.2, 0) is 26.4 Å². The molecule has 2 aromatic heterocycles. The fraction of sp³-hybridized carbons (Fsp3) is 0.241. The van der Waals surface area contributed by atoms with E-state index in [2.05, 4.69) is 10.3 Å². The largest absolute Gasteiger partial charge is 0.354 e. The molecule has 8 nitrogen and oxygen atoms in total. The Kier molecular flexibility index (Phi) is 6.83. The fourth-order valence-electron chi connectivity index (χ4n) is 4.83. The Balaban J connectivity index is 1.51. The lowest BCUT2D eigenvalue weighted by Crippen LogP contribution is -2.36. The predicted octanol–water partition coefficient (Wildman–Crippen LogP) is 3.55. The molecule has 5 rings (SSSR count). The van der Waals surface area contributed by atoms with Crippen molar-refractivity contribution in [2.75, 3.05) is 16.8 Å². The smallest absolute Gasteiger partial charge is 0.279 e. The van der Waals surface area contributed by atoms with Crippen LogP contribution in [0.15, 0.2) is 77.9 Å². The second kappa shape index (κ2) is 10.4. The van der Waals surface area contributed by atoms with E-state index in [1.54, 1.807) is 36.5 Å². The summed E-state index contributed by atoms with van der Waals surface area (Å²) < 4.78 is 1.45. The highest BCUT2D eigenvalue weighted by Crippen LogP contribution is 2.34. The van der Waals surface area contributed by atoms with Crippen LogP contribution in [-0.4, -0.2) is 33.0 Å². The summed E-state index contributed by atoms with van der Waals surface area (Å²) in [5, 5.41) is 3.26. The molecule has 4 aromatic rings. The summed E-state index contributed by atoms with van der Waals surface area (Å²) >= 11 is 0. The first-order valence-corrected chi connectivity index (χ1v) is 12.4.